The van der Waals surface area contributed by atoms with Crippen molar-refractivity contribution >= 4 is 12.6 Å². The van der Waals surface area contributed by atoms with Crippen molar-refractivity contribution in [3.8, 4) is 5.75 Å². The van der Waals surface area contributed by atoms with Gasteiger partial charge in [-0.2, -0.15) is 0 Å². The summed E-state index contributed by atoms with van der Waals surface area (Å²) in [6.07, 6.45) is -0.0619. The molecule has 19 heavy (non-hydrogen) atoms. The van der Waals surface area contributed by atoms with E-state index in [9.17, 15) is 5.02 Å². The fraction of sp³-hybridized carbons (Fsp3) is 0.200. The van der Waals surface area contributed by atoms with Crippen LogP contribution in [0.1, 0.15) is 24.2 Å². The highest BCUT2D eigenvalue weighted by Gasteiger charge is 2.32. The molecule has 0 bridgehead atoms. The molecule has 0 fully saturated rings. The number of ether oxygens (including phenoxy) is 1. The van der Waals surface area contributed by atoms with Crippen LogP contribution in [0, 0.1) is 0 Å². The molecule has 2 aromatic rings. The standard InChI is InChI=1S/C15H15BO3/c1-11-14-8-7-13(9-15(14)16(17)19-11)18-10-12-5-3-2-4-6-12/h2-9,11,17H,10H2,1H3. The molecule has 1 aliphatic heterocycles. The summed E-state index contributed by atoms with van der Waals surface area (Å²) in [5, 5.41) is 9.78. The van der Waals surface area contributed by atoms with Gasteiger partial charge in [0.15, 0.2) is 0 Å². The molecule has 1 N–H and O–H groups in total. The highest BCUT2D eigenvalue weighted by molar-refractivity contribution is 6.61. The van der Waals surface area contributed by atoms with E-state index in [-0.39, 0.29) is 6.10 Å². The van der Waals surface area contributed by atoms with Gasteiger partial charge in [-0.1, -0.05) is 36.4 Å². The van der Waals surface area contributed by atoms with Crippen LogP contribution in [0.15, 0.2) is 48.5 Å². The molecule has 3 rings (SSSR count). The van der Waals surface area contributed by atoms with Crippen molar-refractivity contribution in [3.05, 3.63) is 59.7 Å². The van der Waals surface area contributed by atoms with Crippen molar-refractivity contribution in [2.24, 2.45) is 0 Å². The Hall–Kier alpha value is -1.78. The van der Waals surface area contributed by atoms with E-state index in [0.717, 1.165) is 22.3 Å². The Morgan fingerprint density at radius 3 is 2.79 bits per heavy atom. The molecule has 0 saturated carbocycles. The summed E-state index contributed by atoms with van der Waals surface area (Å²) in [4.78, 5) is 0. The second-order valence-electron chi connectivity index (χ2n) is 4.70. The molecular formula is C15H15BO3. The minimum atomic E-state index is -0.842. The molecule has 0 aliphatic carbocycles. The molecule has 1 unspecified atom stereocenters. The third-order valence-corrected chi connectivity index (χ3v) is 3.34. The van der Waals surface area contributed by atoms with Crippen LogP contribution in [-0.4, -0.2) is 12.1 Å². The van der Waals surface area contributed by atoms with Crippen molar-refractivity contribution < 1.29 is 14.4 Å². The number of rotatable bonds is 3. The maximum atomic E-state index is 9.78. The van der Waals surface area contributed by atoms with Crippen LogP contribution < -0.4 is 10.2 Å². The van der Waals surface area contributed by atoms with Gasteiger partial charge in [0.05, 0.1) is 6.10 Å². The molecule has 1 atom stereocenters. The highest BCUT2D eigenvalue weighted by Crippen LogP contribution is 2.25. The molecule has 96 valence electrons. The normalized spacial score (nSPS) is 17.4. The van der Waals surface area contributed by atoms with Crippen LogP contribution in [0.4, 0.5) is 0 Å². The Kier molecular flexibility index (Phi) is 3.28. The van der Waals surface area contributed by atoms with Gasteiger partial charge >= 0.3 is 7.12 Å². The lowest BCUT2D eigenvalue weighted by Crippen LogP contribution is -2.28. The van der Waals surface area contributed by atoms with Crippen molar-refractivity contribution in [2.75, 3.05) is 0 Å². The molecular weight excluding hydrogens is 239 g/mol. The quantitative estimate of drug-likeness (QED) is 0.852. The largest absolute Gasteiger partial charge is 0.492 e. The van der Waals surface area contributed by atoms with Gasteiger partial charge in [0, 0.05) is 0 Å². The predicted octanol–water partition coefficient (Wildman–Crippen LogP) is 2.04. The lowest BCUT2D eigenvalue weighted by Gasteiger charge is -2.08. The summed E-state index contributed by atoms with van der Waals surface area (Å²) in [6.45, 7) is 2.45. The first-order chi connectivity index (χ1) is 9.24. The molecule has 0 amide bonds. The van der Waals surface area contributed by atoms with Gasteiger partial charge in [-0.05, 0) is 35.6 Å². The predicted molar refractivity (Wildman–Crippen MR) is 74.3 cm³/mol. The lowest BCUT2D eigenvalue weighted by atomic mass is 9.79. The minimum absolute atomic E-state index is 0.0619. The second-order valence-corrected chi connectivity index (χ2v) is 4.70. The van der Waals surface area contributed by atoms with Gasteiger partial charge in [-0.25, -0.2) is 0 Å². The Balaban J connectivity index is 1.75. The van der Waals surface area contributed by atoms with Gasteiger partial charge in [0.2, 0.25) is 0 Å². The van der Waals surface area contributed by atoms with E-state index in [0.29, 0.717) is 6.61 Å². The Morgan fingerprint density at radius 2 is 2.00 bits per heavy atom. The Morgan fingerprint density at radius 1 is 1.21 bits per heavy atom. The molecule has 0 saturated heterocycles. The molecule has 2 aromatic carbocycles. The molecule has 0 aromatic heterocycles. The maximum Gasteiger partial charge on any atom is 0.492 e. The maximum absolute atomic E-state index is 9.78. The summed E-state index contributed by atoms with van der Waals surface area (Å²) in [6, 6.07) is 15.7. The molecule has 0 spiro atoms. The molecule has 3 nitrogen and oxygen atoms in total. The van der Waals surface area contributed by atoms with E-state index >= 15 is 0 Å². The summed E-state index contributed by atoms with van der Waals surface area (Å²) >= 11 is 0. The smallest absolute Gasteiger partial charge is 0.489 e. The third-order valence-electron chi connectivity index (χ3n) is 3.34. The summed E-state index contributed by atoms with van der Waals surface area (Å²) in [7, 11) is -0.842. The van der Waals surface area contributed by atoms with Gasteiger partial charge in [0.1, 0.15) is 12.4 Å². The fourth-order valence-electron chi connectivity index (χ4n) is 2.31. The first-order valence-electron chi connectivity index (χ1n) is 6.38. The van der Waals surface area contributed by atoms with E-state index in [4.69, 9.17) is 9.39 Å². The SMILES string of the molecule is CC1OB(O)c2cc(OCc3ccccc3)ccc21. The summed E-state index contributed by atoms with van der Waals surface area (Å²) < 4.78 is 11.1. The fourth-order valence-corrected chi connectivity index (χ4v) is 2.31. The minimum Gasteiger partial charge on any atom is -0.489 e. The van der Waals surface area contributed by atoms with E-state index in [2.05, 4.69) is 0 Å². The van der Waals surface area contributed by atoms with Crippen LogP contribution in [0.2, 0.25) is 0 Å². The van der Waals surface area contributed by atoms with E-state index in [1.165, 1.54) is 0 Å². The molecule has 1 aliphatic rings. The third kappa shape index (κ3) is 2.50. The first kappa shape index (κ1) is 12.3. The van der Waals surface area contributed by atoms with E-state index < -0.39 is 7.12 Å². The van der Waals surface area contributed by atoms with Crippen molar-refractivity contribution in [2.45, 2.75) is 19.6 Å². The average molecular weight is 254 g/mol. The number of hydrogen-bond acceptors (Lipinski definition) is 3. The average Bonchev–Trinajstić information content (AvgIpc) is 2.73. The van der Waals surface area contributed by atoms with Crippen molar-refractivity contribution in [1.29, 1.82) is 0 Å². The zero-order valence-corrected chi connectivity index (χ0v) is 10.7. The number of benzene rings is 2. The summed E-state index contributed by atoms with van der Waals surface area (Å²) in [5.74, 6) is 0.749. The van der Waals surface area contributed by atoms with Crippen molar-refractivity contribution in [3.63, 3.8) is 0 Å². The molecule has 4 heteroatoms. The van der Waals surface area contributed by atoms with Crippen LogP contribution in [0.5, 0.6) is 5.75 Å². The number of fused-ring (bicyclic) bond motifs is 1. The van der Waals surface area contributed by atoms with Crippen LogP contribution in [-0.2, 0) is 11.3 Å². The van der Waals surface area contributed by atoms with Crippen molar-refractivity contribution in [1.82, 2.24) is 0 Å². The van der Waals surface area contributed by atoms with Crippen LogP contribution in [0.25, 0.3) is 0 Å². The zero-order valence-electron chi connectivity index (χ0n) is 10.7. The Bertz CT molecular complexity index is 571. The first-order valence-corrected chi connectivity index (χ1v) is 6.38. The number of hydrogen-bond donors (Lipinski definition) is 1. The van der Waals surface area contributed by atoms with E-state index in [1.807, 2.05) is 55.5 Å². The van der Waals surface area contributed by atoms with Crippen LogP contribution in [0.3, 0.4) is 0 Å². The Labute approximate surface area is 112 Å². The van der Waals surface area contributed by atoms with E-state index in [1.54, 1.807) is 0 Å². The zero-order chi connectivity index (χ0) is 13.2. The summed E-state index contributed by atoms with van der Waals surface area (Å²) in [5.41, 5.74) is 2.95. The van der Waals surface area contributed by atoms with Gasteiger partial charge < -0.3 is 14.4 Å². The monoisotopic (exact) mass is 254 g/mol. The highest BCUT2D eigenvalue weighted by atomic mass is 16.5. The van der Waals surface area contributed by atoms with Gasteiger partial charge in [-0.15, -0.1) is 0 Å². The van der Waals surface area contributed by atoms with Crippen LogP contribution >= 0.6 is 0 Å². The molecule has 0 radical (unpaired) electrons. The lowest BCUT2D eigenvalue weighted by molar-refractivity contribution is 0.209. The van der Waals surface area contributed by atoms with Gasteiger partial charge in [-0.3, -0.25) is 0 Å². The second kappa shape index (κ2) is 5.07. The van der Waals surface area contributed by atoms with Gasteiger partial charge in [0.25, 0.3) is 0 Å². The topological polar surface area (TPSA) is 38.7 Å². The molecule has 1 heterocycles.